The van der Waals surface area contributed by atoms with E-state index in [0.29, 0.717) is 18.8 Å². The SMILES string of the molecule is C[C@@H]1CN(C(=O)CN2CCNC(=O)[C@@H](Cc3ccccc3)NC(=O)[C@H](Cc3ccccc3)NC(=O)[C@H](C)NC(=O)c3cc(on3)C2)C[C@H](C)O1. The minimum atomic E-state index is -1.06. The standard InChI is InChI=1S/C36H45N7O7/c1-23-19-43(20-24(2)49-23)32(44)22-42-15-14-37-34(46)29(16-26-10-6-4-7-11-26)40-35(47)30(17-27-12-8-5-9-13-27)39-33(45)25(3)38-36(48)31-18-28(21-42)50-41-31/h4-13,18,23-25,29-30H,14-17,19-22H2,1-3H3,(H,37,46)(H,38,48)(H,39,45)(H,40,47)/t23-,24+,25-,29+,30-/m0/s1. The van der Waals surface area contributed by atoms with Crippen LogP contribution < -0.4 is 21.3 Å². The Balaban J connectivity index is 1.40. The van der Waals surface area contributed by atoms with Crippen molar-refractivity contribution in [3.8, 4) is 0 Å². The van der Waals surface area contributed by atoms with Crippen molar-refractivity contribution in [2.75, 3.05) is 32.7 Å². The van der Waals surface area contributed by atoms with Crippen LogP contribution >= 0.6 is 0 Å². The highest BCUT2D eigenvalue weighted by Gasteiger charge is 2.31. The Morgan fingerprint density at radius 1 is 0.800 bits per heavy atom. The first-order chi connectivity index (χ1) is 24.0. The maximum Gasteiger partial charge on any atom is 0.274 e. The highest BCUT2D eigenvalue weighted by molar-refractivity contribution is 5.97. The first kappa shape index (κ1) is 36.2. The van der Waals surface area contributed by atoms with E-state index in [9.17, 15) is 24.0 Å². The van der Waals surface area contributed by atoms with Crippen LogP contribution in [0, 0.1) is 0 Å². The van der Waals surface area contributed by atoms with Crippen LogP contribution in [0.25, 0.3) is 0 Å². The number of nitrogens with zero attached hydrogens (tertiary/aromatic N) is 3. The summed E-state index contributed by atoms with van der Waals surface area (Å²) >= 11 is 0. The number of carbonyl (C=O) groups excluding carboxylic acids is 5. The van der Waals surface area contributed by atoms with E-state index in [4.69, 9.17) is 9.26 Å². The van der Waals surface area contributed by atoms with Crippen molar-refractivity contribution in [1.82, 2.24) is 36.2 Å². The molecular formula is C36H45N7O7. The largest absolute Gasteiger partial charge is 0.372 e. The highest BCUT2D eigenvalue weighted by Crippen LogP contribution is 2.14. The summed E-state index contributed by atoms with van der Waals surface area (Å²) in [4.78, 5) is 71.0. The zero-order valence-corrected chi connectivity index (χ0v) is 28.6. The van der Waals surface area contributed by atoms with E-state index in [1.807, 2.05) is 74.5 Å². The Bertz CT molecular complexity index is 1620. The number of benzene rings is 2. The first-order valence-electron chi connectivity index (χ1n) is 16.9. The number of carbonyl (C=O) groups is 5. The zero-order chi connectivity index (χ0) is 35.6. The highest BCUT2D eigenvalue weighted by atomic mass is 16.5. The van der Waals surface area contributed by atoms with Gasteiger partial charge < -0.3 is 35.4 Å². The van der Waals surface area contributed by atoms with E-state index in [1.54, 1.807) is 9.80 Å². The van der Waals surface area contributed by atoms with Crippen molar-refractivity contribution in [3.05, 3.63) is 89.3 Å². The summed E-state index contributed by atoms with van der Waals surface area (Å²) in [5, 5.41) is 15.1. The Morgan fingerprint density at radius 2 is 1.38 bits per heavy atom. The molecule has 0 radical (unpaired) electrons. The van der Waals surface area contributed by atoms with Gasteiger partial charge in [-0.15, -0.1) is 0 Å². The lowest BCUT2D eigenvalue weighted by molar-refractivity contribution is -0.144. The number of ether oxygens (including phenoxy) is 1. The lowest BCUT2D eigenvalue weighted by Crippen LogP contribution is -2.57. The summed E-state index contributed by atoms with van der Waals surface area (Å²) in [6.45, 7) is 6.79. The third kappa shape index (κ3) is 10.2. The molecule has 0 unspecified atom stereocenters. The maximum atomic E-state index is 13.9. The summed E-state index contributed by atoms with van der Waals surface area (Å²) < 4.78 is 11.3. The number of aromatic nitrogens is 1. The van der Waals surface area contributed by atoms with Gasteiger partial charge in [0, 0.05) is 45.1 Å². The molecule has 2 bridgehead atoms. The van der Waals surface area contributed by atoms with Crippen LogP contribution in [0.5, 0.6) is 0 Å². The smallest absolute Gasteiger partial charge is 0.274 e. The minimum absolute atomic E-state index is 0.0140. The third-order valence-corrected chi connectivity index (χ3v) is 8.60. The molecule has 5 atom stereocenters. The van der Waals surface area contributed by atoms with E-state index in [0.717, 1.165) is 11.1 Å². The van der Waals surface area contributed by atoms with Gasteiger partial charge in [0.1, 0.15) is 18.1 Å². The maximum absolute atomic E-state index is 13.9. The molecule has 0 aliphatic carbocycles. The van der Waals surface area contributed by atoms with E-state index >= 15 is 0 Å². The van der Waals surface area contributed by atoms with Gasteiger partial charge in [0.2, 0.25) is 23.6 Å². The first-order valence-corrected chi connectivity index (χ1v) is 16.9. The molecule has 2 aliphatic heterocycles. The van der Waals surface area contributed by atoms with Crippen molar-refractivity contribution in [3.63, 3.8) is 0 Å². The quantitative estimate of drug-likeness (QED) is 0.293. The molecule has 2 aliphatic rings. The van der Waals surface area contributed by atoms with Gasteiger partial charge in [0.05, 0.1) is 25.3 Å². The molecule has 266 valence electrons. The average molecular weight is 688 g/mol. The molecule has 14 nitrogen and oxygen atoms in total. The Labute approximate surface area is 291 Å². The normalized spacial score (nSPS) is 24.6. The molecule has 4 N–H and O–H groups in total. The Hall–Kier alpha value is -5.08. The van der Waals surface area contributed by atoms with Crippen LogP contribution in [0.3, 0.4) is 0 Å². The fourth-order valence-corrected chi connectivity index (χ4v) is 6.09. The summed E-state index contributed by atoms with van der Waals surface area (Å²) in [6.07, 6.45) is 0.139. The molecule has 3 heterocycles. The van der Waals surface area contributed by atoms with E-state index in [2.05, 4.69) is 26.4 Å². The molecular weight excluding hydrogens is 642 g/mol. The minimum Gasteiger partial charge on any atom is -0.372 e. The second-order valence-corrected chi connectivity index (χ2v) is 12.9. The van der Waals surface area contributed by atoms with Crippen LogP contribution in [0.4, 0.5) is 0 Å². The molecule has 0 spiro atoms. The number of morpholine rings is 1. The molecule has 2 aromatic carbocycles. The van der Waals surface area contributed by atoms with E-state index in [-0.39, 0.29) is 62.8 Å². The fraction of sp³-hybridized carbons (Fsp3) is 0.444. The number of fused-ring (bicyclic) bond motifs is 2. The molecule has 3 aromatic rings. The molecule has 14 heteroatoms. The second kappa shape index (κ2) is 17.0. The fourth-order valence-electron chi connectivity index (χ4n) is 6.09. The van der Waals surface area contributed by atoms with Crippen LogP contribution in [0.15, 0.2) is 71.3 Å². The molecule has 1 saturated heterocycles. The Morgan fingerprint density at radius 3 is 2.00 bits per heavy atom. The van der Waals surface area contributed by atoms with Crippen molar-refractivity contribution < 1.29 is 33.2 Å². The van der Waals surface area contributed by atoms with Gasteiger partial charge in [-0.05, 0) is 31.9 Å². The van der Waals surface area contributed by atoms with Crippen LogP contribution in [0.1, 0.15) is 48.1 Å². The Kier molecular flexibility index (Phi) is 12.3. The summed E-state index contributed by atoms with van der Waals surface area (Å²) in [6, 6.07) is 16.9. The topological polar surface area (TPSA) is 175 Å². The van der Waals surface area contributed by atoms with Crippen molar-refractivity contribution >= 4 is 29.5 Å². The predicted octanol–water partition coefficient (Wildman–Crippen LogP) is 0.816. The van der Waals surface area contributed by atoms with Gasteiger partial charge in [-0.2, -0.15) is 0 Å². The van der Waals surface area contributed by atoms with Gasteiger partial charge in [-0.25, -0.2) is 0 Å². The number of nitrogens with one attached hydrogen (secondary N) is 4. The summed E-state index contributed by atoms with van der Waals surface area (Å²) in [5.74, 6) is -2.00. The van der Waals surface area contributed by atoms with Gasteiger partial charge >= 0.3 is 0 Å². The average Bonchev–Trinajstić information content (AvgIpc) is 3.56. The van der Waals surface area contributed by atoms with E-state index < -0.39 is 41.8 Å². The van der Waals surface area contributed by atoms with Gasteiger partial charge in [0.25, 0.3) is 5.91 Å². The van der Waals surface area contributed by atoms with Crippen molar-refractivity contribution in [2.24, 2.45) is 0 Å². The number of hydrogen-bond donors (Lipinski definition) is 4. The van der Waals surface area contributed by atoms with Gasteiger partial charge in [0.15, 0.2) is 11.5 Å². The lowest BCUT2D eigenvalue weighted by Gasteiger charge is -2.36. The number of hydrogen-bond acceptors (Lipinski definition) is 9. The van der Waals surface area contributed by atoms with Crippen LogP contribution in [-0.4, -0.2) is 108 Å². The second-order valence-electron chi connectivity index (χ2n) is 12.9. The van der Waals surface area contributed by atoms with Crippen molar-refractivity contribution in [1.29, 1.82) is 0 Å². The number of rotatable bonds is 6. The molecule has 50 heavy (non-hydrogen) atoms. The third-order valence-electron chi connectivity index (χ3n) is 8.60. The van der Waals surface area contributed by atoms with E-state index in [1.165, 1.54) is 13.0 Å². The van der Waals surface area contributed by atoms with Crippen LogP contribution in [-0.2, 0) is 43.3 Å². The monoisotopic (exact) mass is 687 g/mol. The molecule has 0 saturated carbocycles. The zero-order valence-electron chi connectivity index (χ0n) is 28.6. The molecule has 1 aromatic heterocycles. The number of amides is 5. The van der Waals surface area contributed by atoms with Gasteiger partial charge in [-0.1, -0.05) is 65.8 Å². The van der Waals surface area contributed by atoms with Crippen molar-refractivity contribution in [2.45, 2.75) is 70.5 Å². The lowest BCUT2D eigenvalue weighted by atomic mass is 10.0. The van der Waals surface area contributed by atoms with Crippen LogP contribution in [0.2, 0.25) is 0 Å². The summed E-state index contributed by atoms with van der Waals surface area (Å²) in [5.41, 5.74) is 1.58. The predicted molar refractivity (Wildman–Crippen MR) is 182 cm³/mol. The van der Waals surface area contributed by atoms with Gasteiger partial charge in [-0.3, -0.25) is 28.9 Å². The molecule has 5 amide bonds. The molecule has 5 rings (SSSR count). The summed E-state index contributed by atoms with van der Waals surface area (Å²) in [7, 11) is 0. The molecule has 1 fully saturated rings.